The standard InChI is InChI=1S/C19H19N3O4S/c1-14(26-17-5-3-2-4-6-17)18(23)21-12-11-20-19(21)27-13-15-7-9-16(10-8-15)22(24)25/h2-10,14H,11-13H2,1H3. The fourth-order valence-corrected chi connectivity index (χ4v) is 3.60. The van der Waals surface area contributed by atoms with Gasteiger partial charge >= 0.3 is 0 Å². The SMILES string of the molecule is CC(Oc1ccccc1)C(=O)N1CCN=C1SCc1ccc([N+](=O)[O-])cc1. The Labute approximate surface area is 161 Å². The Balaban J connectivity index is 1.57. The summed E-state index contributed by atoms with van der Waals surface area (Å²) in [5.41, 5.74) is 0.992. The average molecular weight is 385 g/mol. The number of nitro benzene ring substituents is 1. The summed E-state index contributed by atoms with van der Waals surface area (Å²) in [5.74, 6) is 1.09. The zero-order valence-electron chi connectivity index (χ0n) is 14.8. The largest absolute Gasteiger partial charge is 0.481 e. The third-order valence-electron chi connectivity index (χ3n) is 3.99. The van der Waals surface area contributed by atoms with Crippen molar-refractivity contribution >= 4 is 28.5 Å². The Morgan fingerprint density at radius 1 is 1.26 bits per heavy atom. The number of hydrogen-bond donors (Lipinski definition) is 0. The van der Waals surface area contributed by atoms with Crippen LogP contribution in [0.2, 0.25) is 0 Å². The van der Waals surface area contributed by atoms with Gasteiger partial charge in [0.25, 0.3) is 11.6 Å². The maximum atomic E-state index is 12.7. The zero-order valence-corrected chi connectivity index (χ0v) is 15.6. The lowest BCUT2D eigenvalue weighted by Crippen LogP contribution is -2.41. The van der Waals surface area contributed by atoms with Crippen LogP contribution in [-0.2, 0) is 10.5 Å². The lowest BCUT2D eigenvalue weighted by atomic mass is 10.2. The van der Waals surface area contributed by atoms with Gasteiger partial charge in [-0.15, -0.1) is 0 Å². The normalized spacial score (nSPS) is 14.6. The van der Waals surface area contributed by atoms with Gasteiger partial charge in [-0.2, -0.15) is 0 Å². The number of ether oxygens (including phenoxy) is 1. The van der Waals surface area contributed by atoms with E-state index in [-0.39, 0.29) is 11.6 Å². The number of benzene rings is 2. The van der Waals surface area contributed by atoms with Crippen molar-refractivity contribution in [2.45, 2.75) is 18.8 Å². The van der Waals surface area contributed by atoms with E-state index in [2.05, 4.69) is 4.99 Å². The fourth-order valence-electron chi connectivity index (χ4n) is 2.59. The van der Waals surface area contributed by atoms with Crippen molar-refractivity contribution in [1.29, 1.82) is 0 Å². The van der Waals surface area contributed by atoms with Crippen LogP contribution in [0, 0.1) is 10.1 Å². The first-order valence-corrected chi connectivity index (χ1v) is 9.47. The Bertz CT molecular complexity index is 840. The minimum Gasteiger partial charge on any atom is -0.481 e. The van der Waals surface area contributed by atoms with Crippen LogP contribution in [0.1, 0.15) is 12.5 Å². The highest BCUT2D eigenvalue weighted by molar-refractivity contribution is 8.13. The number of thioether (sulfide) groups is 1. The summed E-state index contributed by atoms with van der Waals surface area (Å²) in [7, 11) is 0. The van der Waals surface area contributed by atoms with Gasteiger partial charge in [-0.1, -0.05) is 42.1 Å². The van der Waals surface area contributed by atoms with E-state index in [0.29, 0.717) is 29.8 Å². The number of nitro groups is 1. The van der Waals surface area contributed by atoms with Gasteiger partial charge in [0.1, 0.15) is 5.75 Å². The molecule has 0 radical (unpaired) electrons. The number of amidine groups is 1. The number of para-hydroxylation sites is 1. The first-order chi connectivity index (χ1) is 13.0. The molecule has 8 heteroatoms. The minimum absolute atomic E-state index is 0.0608. The number of carbonyl (C=O) groups is 1. The third kappa shape index (κ3) is 4.85. The Hall–Kier alpha value is -2.87. The highest BCUT2D eigenvalue weighted by atomic mass is 32.2. The van der Waals surface area contributed by atoms with Gasteiger partial charge in [0.15, 0.2) is 11.3 Å². The van der Waals surface area contributed by atoms with Gasteiger partial charge in [0.2, 0.25) is 0 Å². The molecule has 1 aliphatic rings. The Morgan fingerprint density at radius 3 is 2.63 bits per heavy atom. The summed E-state index contributed by atoms with van der Waals surface area (Å²) in [5, 5.41) is 11.4. The molecule has 1 unspecified atom stereocenters. The van der Waals surface area contributed by atoms with Crippen molar-refractivity contribution in [2.75, 3.05) is 13.1 Å². The van der Waals surface area contributed by atoms with Gasteiger partial charge in [-0.3, -0.25) is 24.8 Å². The molecule has 140 valence electrons. The van der Waals surface area contributed by atoms with Gasteiger partial charge in [-0.05, 0) is 24.6 Å². The quantitative estimate of drug-likeness (QED) is 0.561. The smallest absolute Gasteiger partial charge is 0.269 e. The van der Waals surface area contributed by atoms with Crippen LogP contribution in [0.25, 0.3) is 0 Å². The van der Waals surface area contributed by atoms with Crippen LogP contribution >= 0.6 is 11.8 Å². The van der Waals surface area contributed by atoms with Gasteiger partial charge in [0.05, 0.1) is 11.5 Å². The molecule has 1 heterocycles. The van der Waals surface area contributed by atoms with Crippen molar-refractivity contribution in [3.8, 4) is 5.75 Å². The molecule has 2 aromatic carbocycles. The molecule has 0 aromatic heterocycles. The van der Waals surface area contributed by atoms with Crippen molar-refractivity contribution < 1.29 is 14.5 Å². The molecule has 0 aliphatic carbocycles. The molecular formula is C19H19N3O4S. The van der Waals surface area contributed by atoms with Gasteiger partial charge in [-0.25, -0.2) is 0 Å². The average Bonchev–Trinajstić information content (AvgIpc) is 3.15. The molecule has 1 atom stereocenters. The molecular weight excluding hydrogens is 366 g/mol. The van der Waals surface area contributed by atoms with E-state index in [9.17, 15) is 14.9 Å². The summed E-state index contributed by atoms with van der Waals surface area (Å²) in [6.07, 6.45) is -0.615. The van der Waals surface area contributed by atoms with Gasteiger partial charge < -0.3 is 4.74 Å². The monoisotopic (exact) mass is 385 g/mol. The molecule has 2 aromatic rings. The predicted molar refractivity (Wildman–Crippen MR) is 105 cm³/mol. The fraction of sp³-hybridized carbons (Fsp3) is 0.263. The van der Waals surface area contributed by atoms with E-state index >= 15 is 0 Å². The van der Waals surface area contributed by atoms with Crippen LogP contribution in [0.3, 0.4) is 0 Å². The van der Waals surface area contributed by atoms with E-state index in [1.807, 2.05) is 30.3 Å². The predicted octanol–water partition coefficient (Wildman–Crippen LogP) is 3.49. The molecule has 0 N–H and O–H groups in total. The Kier molecular flexibility index (Phi) is 6.08. The summed E-state index contributed by atoms with van der Waals surface area (Å²) < 4.78 is 5.72. The zero-order chi connectivity index (χ0) is 19.2. The number of amides is 1. The lowest BCUT2D eigenvalue weighted by molar-refractivity contribution is -0.384. The molecule has 0 saturated carbocycles. The van der Waals surface area contributed by atoms with E-state index in [4.69, 9.17) is 4.74 Å². The summed E-state index contributed by atoms with van der Waals surface area (Å²) >= 11 is 1.44. The second-order valence-corrected chi connectivity index (χ2v) is 6.88. The maximum Gasteiger partial charge on any atom is 0.269 e. The number of aliphatic imine (C=N–C) groups is 1. The molecule has 1 amide bonds. The first-order valence-electron chi connectivity index (χ1n) is 8.48. The summed E-state index contributed by atoms with van der Waals surface area (Å²) in [6.45, 7) is 2.82. The molecule has 0 spiro atoms. The van der Waals surface area contributed by atoms with Crippen molar-refractivity contribution in [2.24, 2.45) is 4.99 Å². The number of carbonyl (C=O) groups excluding carboxylic acids is 1. The molecule has 3 rings (SSSR count). The number of rotatable bonds is 6. The second kappa shape index (κ2) is 8.68. The number of non-ortho nitro benzene ring substituents is 1. The maximum absolute atomic E-state index is 12.7. The minimum atomic E-state index is -0.615. The molecule has 27 heavy (non-hydrogen) atoms. The first kappa shape index (κ1) is 18.9. The summed E-state index contributed by atoms with van der Waals surface area (Å²) in [6, 6.07) is 15.6. The topological polar surface area (TPSA) is 85.0 Å². The van der Waals surface area contributed by atoms with Crippen molar-refractivity contribution in [3.05, 3.63) is 70.3 Å². The van der Waals surface area contributed by atoms with E-state index in [1.54, 1.807) is 24.0 Å². The van der Waals surface area contributed by atoms with Crippen molar-refractivity contribution in [3.63, 3.8) is 0 Å². The third-order valence-corrected chi connectivity index (χ3v) is 5.07. The molecule has 0 fully saturated rings. The summed E-state index contributed by atoms with van der Waals surface area (Å²) in [4.78, 5) is 29.1. The second-order valence-electron chi connectivity index (χ2n) is 5.94. The highest BCUT2D eigenvalue weighted by Gasteiger charge is 2.29. The number of nitrogens with zero attached hydrogens (tertiary/aromatic N) is 3. The van der Waals surface area contributed by atoms with E-state index < -0.39 is 11.0 Å². The molecule has 0 bridgehead atoms. The lowest BCUT2D eigenvalue weighted by Gasteiger charge is -2.22. The highest BCUT2D eigenvalue weighted by Crippen LogP contribution is 2.22. The van der Waals surface area contributed by atoms with Crippen LogP contribution < -0.4 is 4.74 Å². The molecule has 7 nitrogen and oxygen atoms in total. The van der Waals surface area contributed by atoms with E-state index in [1.165, 1.54) is 23.9 Å². The van der Waals surface area contributed by atoms with Crippen LogP contribution in [-0.4, -0.2) is 40.1 Å². The molecule has 0 saturated heterocycles. The van der Waals surface area contributed by atoms with Crippen LogP contribution in [0.15, 0.2) is 59.6 Å². The van der Waals surface area contributed by atoms with Gasteiger partial charge in [0, 0.05) is 24.4 Å². The van der Waals surface area contributed by atoms with Crippen molar-refractivity contribution in [1.82, 2.24) is 4.90 Å². The molecule has 1 aliphatic heterocycles. The van der Waals surface area contributed by atoms with E-state index in [0.717, 1.165) is 5.56 Å². The Morgan fingerprint density at radius 2 is 1.96 bits per heavy atom. The van der Waals surface area contributed by atoms with Crippen LogP contribution in [0.5, 0.6) is 5.75 Å². The number of hydrogen-bond acceptors (Lipinski definition) is 6. The van der Waals surface area contributed by atoms with Crippen LogP contribution in [0.4, 0.5) is 5.69 Å².